The van der Waals surface area contributed by atoms with Crippen molar-refractivity contribution in [3.8, 4) is 17.3 Å². The molecule has 6 nitrogen and oxygen atoms in total. The van der Waals surface area contributed by atoms with Crippen LogP contribution in [0.3, 0.4) is 0 Å². The molecule has 1 atom stereocenters. The third kappa shape index (κ3) is 8.20. The summed E-state index contributed by atoms with van der Waals surface area (Å²) in [5, 5.41) is 15.5. The second kappa shape index (κ2) is 12.9. The van der Waals surface area contributed by atoms with Crippen LogP contribution in [0.1, 0.15) is 44.5 Å². The third-order valence-electron chi connectivity index (χ3n) is 5.58. The van der Waals surface area contributed by atoms with Crippen LogP contribution in [-0.2, 0) is 11.3 Å². The number of rotatable bonds is 13. The molecule has 0 spiro atoms. The van der Waals surface area contributed by atoms with Gasteiger partial charge in [0.05, 0.1) is 29.7 Å². The van der Waals surface area contributed by atoms with Gasteiger partial charge in [0.1, 0.15) is 5.75 Å². The minimum absolute atomic E-state index is 0.335. The Morgan fingerprint density at radius 1 is 0.914 bits per heavy atom. The molecule has 3 aromatic rings. The second-order valence-electron chi connectivity index (χ2n) is 10.2. The quantitative estimate of drug-likeness (QED) is 0.337. The summed E-state index contributed by atoms with van der Waals surface area (Å²) in [6.45, 7) is 15.7. The first-order chi connectivity index (χ1) is 16.7. The molecule has 35 heavy (non-hydrogen) atoms. The highest BCUT2D eigenvalue weighted by Gasteiger charge is 2.23. The minimum atomic E-state index is -0.557. The molecule has 0 aliphatic carbocycles. The Kier molecular flexibility index (Phi) is 9.90. The average Bonchev–Trinajstić information content (AvgIpc) is 3.08. The largest absolute Gasteiger partial charge is 0.439 e. The van der Waals surface area contributed by atoms with E-state index in [1.807, 2.05) is 60.1 Å². The zero-order valence-electron chi connectivity index (χ0n) is 22.1. The summed E-state index contributed by atoms with van der Waals surface area (Å²) in [5.41, 5.74) is 4.02. The number of aliphatic hydroxyl groups is 1. The van der Waals surface area contributed by atoms with Crippen molar-refractivity contribution in [3.63, 3.8) is 0 Å². The first-order valence-corrected chi connectivity index (χ1v) is 12.6. The molecule has 0 fully saturated rings. The molecule has 3 rings (SSSR count). The molecule has 0 saturated heterocycles. The van der Waals surface area contributed by atoms with E-state index in [-0.39, 0.29) is 0 Å². The van der Waals surface area contributed by atoms with E-state index in [0.717, 1.165) is 34.8 Å². The molecule has 0 amide bonds. The SMILES string of the molecule is Cc1cccc(Oc2c(CN(CC(C)C)C[C@@H](O)COCC(C)C)c(C)nn2-c2ccccc2)c1. The Balaban J connectivity index is 1.90. The van der Waals surface area contributed by atoms with Gasteiger partial charge in [-0.3, -0.25) is 4.90 Å². The molecule has 2 aromatic carbocycles. The van der Waals surface area contributed by atoms with Crippen LogP contribution >= 0.6 is 0 Å². The smallest absolute Gasteiger partial charge is 0.227 e. The lowest BCUT2D eigenvalue weighted by molar-refractivity contribution is 0.00511. The van der Waals surface area contributed by atoms with Gasteiger partial charge in [-0.05, 0) is 55.5 Å². The first-order valence-electron chi connectivity index (χ1n) is 12.6. The Morgan fingerprint density at radius 2 is 1.66 bits per heavy atom. The van der Waals surface area contributed by atoms with Gasteiger partial charge in [0, 0.05) is 26.2 Å². The average molecular weight is 480 g/mol. The Labute approximate surface area is 210 Å². The monoisotopic (exact) mass is 479 g/mol. The lowest BCUT2D eigenvalue weighted by atomic mass is 10.1. The van der Waals surface area contributed by atoms with Gasteiger partial charge in [-0.15, -0.1) is 0 Å². The summed E-state index contributed by atoms with van der Waals surface area (Å²) in [6.07, 6.45) is -0.557. The summed E-state index contributed by atoms with van der Waals surface area (Å²) in [5.74, 6) is 2.38. The molecular weight excluding hydrogens is 438 g/mol. The van der Waals surface area contributed by atoms with E-state index in [4.69, 9.17) is 14.6 Å². The number of ether oxygens (including phenoxy) is 2. The number of aryl methyl sites for hydroxylation is 2. The van der Waals surface area contributed by atoms with Crippen LogP contribution in [0.4, 0.5) is 0 Å². The molecule has 0 radical (unpaired) electrons. The summed E-state index contributed by atoms with van der Waals surface area (Å²) in [4.78, 5) is 2.27. The van der Waals surface area contributed by atoms with Crippen molar-refractivity contribution in [1.82, 2.24) is 14.7 Å². The number of para-hydroxylation sites is 1. The van der Waals surface area contributed by atoms with Gasteiger partial charge >= 0.3 is 0 Å². The van der Waals surface area contributed by atoms with Crippen LogP contribution in [0, 0.1) is 25.7 Å². The van der Waals surface area contributed by atoms with Gasteiger partial charge in [-0.1, -0.05) is 58.0 Å². The second-order valence-corrected chi connectivity index (χ2v) is 10.2. The minimum Gasteiger partial charge on any atom is -0.439 e. The molecule has 1 heterocycles. The molecule has 190 valence electrons. The van der Waals surface area contributed by atoms with E-state index < -0.39 is 6.10 Å². The topological polar surface area (TPSA) is 59.8 Å². The van der Waals surface area contributed by atoms with Gasteiger partial charge in [0.25, 0.3) is 0 Å². The molecular formula is C29H41N3O3. The maximum atomic E-state index is 10.7. The summed E-state index contributed by atoms with van der Waals surface area (Å²) in [7, 11) is 0. The fraction of sp³-hybridized carbons (Fsp3) is 0.483. The predicted octanol–water partition coefficient (Wildman–Crippen LogP) is 5.77. The molecule has 0 aliphatic rings. The highest BCUT2D eigenvalue weighted by atomic mass is 16.5. The number of aromatic nitrogens is 2. The van der Waals surface area contributed by atoms with Crippen LogP contribution in [0.2, 0.25) is 0 Å². The van der Waals surface area contributed by atoms with Crippen LogP contribution in [0.5, 0.6) is 11.6 Å². The maximum absolute atomic E-state index is 10.7. The molecule has 0 saturated carbocycles. The van der Waals surface area contributed by atoms with Crippen molar-refractivity contribution < 1.29 is 14.6 Å². The number of hydrogen-bond donors (Lipinski definition) is 1. The number of benzene rings is 2. The normalized spacial score (nSPS) is 12.6. The lowest BCUT2D eigenvalue weighted by Crippen LogP contribution is -2.37. The van der Waals surface area contributed by atoms with Crippen molar-refractivity contribution in [2.45, 2.75) is 54.2 Å². The molecule has 1 N–H and O–H groups in total. The number of nitrogens with zero attached hydrogens (tertiary/aromatic N) is 3. The van der Waals surface area contributed by atoms with Crippen molar-refractivity contribution in [2.75, 3.05) is 26.3 Å². The van der Waals surface area contributed by atoms with Gasteiger partial charge in [-0.25, -0.2) is 4.68 Å². The third-order valence-corrected chi connectivity index (χ3v) is 5.58. The summed E-state index contributed by atoms with van der Waals surface area (Å²) < 4.78 is 14.1. The fourth-order valence-electron chi connectivity index (χ4n) is 4.09. The van der Waals surface area contributed by atoms with E-state index in [0.29, 0.717) is 44.0 Å². The van der Waals surface area contributed by atoms with Crippen LogP contribution in [0.15, 0.2) is 54.6 Å². The van der Waals surface area contributed by atoms with Crippen molar-refractivity contribution >= 4 is 0 Å². The summed E-state index contributed by atoms with van der Waals surface area (Å²) >= 11 is 0. The van der Waals surface area contributed by atoms with Crippen molar-refractivity contribution in [3.05, 3.63) is 71.4 Å². The van der Waals surface area contributed by atoms with Gasteiger partial charge in [0.2, 0.25) is 5.88 Å². The Bertz CT molecular complexity index is 1050. The van der Waals surface area contributed by atoms with Crippen LogP contribution in [-0.4, -0.2) is 52.2 Å². The molecule has 0 aliphatic heterocycles. The zero-order valence-corrected chi connectivity index (χ0v) is 22.1. The van der Waals surface area contributed by atoms with E-state index in [9.17, 15) is 5.11 Å². The van der Waals surface area contributed by atoms with Crippen molar-refractivity contribution in [2.24, 2.45) is 11.8 Å². The lowest BCUT2D eigenvalue weighted by Gasteiger charge is -2.27. The molecule has 0 bridgehead atoms. The van der Waals surface area contributed by atoms with Gasteiger partial charge < -0.3 is 14.6 Å². The Morgan fingerprint density at radius 3 is 2.31 bits per heavy atom. The summed E-state index contributed by atoms with van der Waals surface area (Å²) in [6, 6.07) is 18.1. The fourth-order valence-corrected chi connectivity index (χ4v) is 4.09. The van der Waals surface area contributed by atoms with Crippen LogP contribution in [0.25, 0.3) is 5.69 Å². The molecule has 1 aromatic heterocycles. The zero-order chi connectivity index (χ0) is 25.4. The Hall–Kier alpha value is -2.67. The standard InChI is InChI=1S/C29H41N3O3/c1-21(2)16-31(17-26(33)20-34-19-22(3)4)18-28-24(6)30-32(25-12-8-7-9-13-25)29(28)35-27-14-10-11-23(5)15-27/h7-15,21-22,26,33H,16-20H2,1-6H3/t26-/m1/s1. The molecule has 6 heteroatoms. The highest BCUT2D eigenvalue weighted by molar-refractivity contribution is 5.43. The number of hydrogen-bond acceptors (Lipinski definition) is 5. The highest BCUT2D eigenvalue weighted by Crippen LogP contribution is 2.32. The van der Waals surface area contributed by atoms with E-state index >= 15 is 0 Å². The number of aliphatic hydroxyl groups excluding tert-OH is 1. The first kappa shape index (κ1) is 26.9. The van der Waals surface area contributed by atoms with Crippen LogP contribution < -0.4 is 4.74 Å². The van der Waals surface area contributed by atoms with E-state index in [1.165, 1.54) is 0 Å². The molecule has 0 unspecified atom stereocenters. The van der Waals surface area contributed by atoms with Crippen molar-refractivity contribution in [1.29, 1.82) is 0 Å². The van der Waals surface area contributed by atoms with Gasteiger partial charge in [0.15, 0.2) is 0 Å². The maximum Gasteiger partial charge on any atom is 0.227 e. The van der Waals surface area contributed by atoms with E-state index in [2.05, 4.69) is 45.6 Å². The van der Waals surface area contributed by atoms with Gasteiger partial charge in [-0.2, -0.15) is 5.10 Å². The van der Waals surface area contributed by atoms with E-state index in [1.54, 1.807) is 0 Å². The predicted molar refractivity (Wildman–Crippen MR) is 141 cm³/mol.